The number of hydrazine groups is 1. The molecule has 20 heavy (non-hydrogen) atoms. The lowest BCUT2D eigenvalue weighted by atomic mass is 9.95. The number of pyridine rings is 1. The van der Waals surface area contributed by atoms with Gasteiger partial charge in [0, 0.05) is 17.8 Å². The number of rotatable bonds is 4. The highest BCUT2D eigenvalue weighted by Crippen LogP contribution is 2.25. The summed E-state index contributed by atoms with van der Waals surface area (Å²) in [7, 11) is 0. The molecule has 0 aliphatic carbocycles. The van der Waals surface area contributed by atoms with Crippen molar-refractivity contribution in [2.75, 3.05) is 0 Å². The van der Waals surface area contributed by atoms with Gasteiger partial charge in [0.1, 0.15) is 0 Å². The van der Waals surface area contributed by atoms with Crippen LogP contribution in [0.2, 0.25) is 0 Å². The number of nitrogens with one attached hydrogen (secondary N) is 1. The molecule has 2 aromatic carbocycles. The van der Waals surface area contributed by atoms with Crippen molar-refractivity contribution in [3.8, 4) is 0 Å². The molecule has 0 saturated carbocycles. The number of hydrogen-bond donors (Lipinski definition) is 2. The average Bonchev–Trinajstić information content (AvgIpc) is 2.53. The fourth-order valence-electron chi connectivity index (χ4n) is 2.56. The lowest BCUT2D eigenvalue weighted by Gasteiger charge is -2.18. The molecule has 0 bridgehead atoms. The molecular weight excluding hydrogens is 246 g/mol. The SMILES string of the molecule is NNC(Cc1ccccc1)c1cccc2cnccc12. The first-order valence-corrected chi connectivity index (χ1v) is 6.71. The van der Waals surface area contributed by atoms with Crippen molar-refractivity contribution >= 4 is 10.8 Å². The van der Waals surface area contributed by atoms with E-state index in [1.807, 2.05) is 24.5 Å². The second-order valence-corrected chi connectivity index (χ2v) is 4.85. The van der Waals surface area contributed by atoms with Gasteiger partial charge in [0.15, 0.2) is 0 Å². The molecule has 0 radical (unpaired) electrons. The minimum absolute atomic E-state index is 0.0866. The Labute approximate surface area is 118 Å². The van der Waals surface area contributed by atoms with E-state index < -0.39 is 0 Å². The average molecular weight is 263 g/mol. The summed E-state index contributed by atoms with van der Waals surface area (Å²) in [6, 6.07) is 18.7. The quantitative estimate of drug-likeness (QED) is 0.562. The second kappa shape index (κ2) is 5.82. The van der Waals surface area contributed by atoms with E-state index in [0.717, 1.165) is 11.8 Å². The Bertz CT molecular complexity index is 689. The monoisotopic (exact) mass is 263 g/mol. The van der Waals surface area contributed by atoms with E-state index in [-0.39, 0.29) is 6.04 Å². The predicted molar refractivity (Wildman–Crippen MR) is 82.0 cm³/mol. The minimum Gasteiger partial charge on any atom is -0.271 e. The Morgan fingerprint density at radius 3 is 2.65 bits per heavy atom. The number of aromatic nitrogens is 1. The van der Waals surface area contributed by atoms with E-state index in [1.54, 1.807) is 0 Å². The van der Waals surface area contributed by atoms with Crippen LogP contribution in [0.1, 0.15) is 17.2 Å². The highest BCUT2D eigenvalue weighted by Gasteiger charge is 2.13. The molecule has 0 amide bonds. The van der Waals surface area contributed by atoms with Crippen LogP contribution in [-0.2, 0) is 6.42 Å². The van der Waals surface area contributed by atoms with Crippen LogP contribution in [0, 0.1) is 0 Å². The standard InChI is InChI=1S/C17H17N3/c18-20-17(11-13-5-2-1-3-6-13)16-8-4-7-14-12-19-10-9-15(14)16/h1-10,12,17,20H,11,18H2. The zero-order chi connectivity index (χ0) is 13.8. The second-order valence-electron chi connectivity index (χ2n) is 4.85. The van der Waals surface area contributed by atoms with Crippen molar-refractivity contribution in [2.24, 2.45) is 5.84 Å². The number of hydrogen-bond acceptors (Lipinski definition) is 3. The van der Waals surface area contributed by atoms with Gasteiger partial charge in [-0.2, -0.15) is 0 Å². The third-order valence-corrected chi connectivity index (χ3v) is 3.57. The summed E-state index contributed by atoms with van der Waals surface area (Å²) in [6.07, 6.45) is 4.57. The lowest BCUT2D eigenvalue weighted by molar-refractivity contribution is 0.555. The maximum atomic E-state index is 5.78. The van der Waals surface area contributed by atoms with Crippen LogP contribution in [0.15, 0.2) is 67.0 Å². The van der Waals surface area contributed by atoms with Gasteiger partial charge in [-0.1, -0.05) is 48.5 Å². The summed E-state index contributed by atoms with van der Waals surface area (Å²) in [6.45, 7) is 0. The van der Waals surface area contributed by atoms with E-state index in [9.17, 15) is 0 Å². The molecule has 0 fully saturated rings. The topological polar surface area (TPSA) is 50.9 Å². The van der Waals surface area contributed by atoms with Crippen molar-refractivity contribution in [1.82, 2.24) is 10.4 Å². The fraction of sp³-hybridized carbons (Fsp3) is 0.118. The van der Waals surface area contributed by atoms with Crippen LogP contribution >= 0.6 is 0 Å². The molecule has 1 unspecified atom stereocenters. The van der Waals surface area contributed by atoms with Gasteiger partial charge in [0.2, 0.25) is 0 Å². The van der Waals surface area contributed by atoms with Crippen molar-refractivity contribution in [3.05, 3.63) is 78.1 Å². The third kappa shape index (κ3) is 2.54. The van der Waals surface area contributed by atoms with E-state index in [2.05, 4.69) is 52.9 Å². The normalized spacial score (nSPS) is 12.4. The van der Waals surface area contributed by atoms with E-state index in [1.165, 1.54) is 16.5 Å². The molecule has 3 rings (SSSR count). The largest absolute Gasteiger partial charge is 0.271 e. The van der Waals surface area contributed by atoms with Gasteiger partial charge >= 0.3 is 0 Å². The van der Waals surface area contributed by atoms with Crippen LogP contribution in [0.4, 0.5) is 0 Å². The van der Waals surface area contributed by atoms with Gasteiger partial charge in [0.05, 0.1) is 6.04 Å². The zero-order valence-corrected chi connectivity index (χ0v) is 11.2. The summed E-state index contributed by atoms with van der Waals surface area (Å²) in [5, 5.41) is 2.33. The maximum absolute atomic E-state index is 5.78. The summed E-state index contributed by atoms with van der Waals surface area (Å²) in [5.41, 5.74) is 5.41. The minimum atomic E-state index is 0.0866. The van der Waals surface area contributed by atoms with E-state index in [4.69, 9.17) is 5.84 Å². The van der Waals surface area contributed by atoms with Gasteiger partial charge in [-0.15, -0.1) is 0 Å². The molecular formula is C17H17N3. The molecule has 3 nitrogen and oxygen atoms in total. The Kier molecular flexibility index (Phi) is 3.72. The highest BCUT2D eigenvalue weighted by molar-refractivity contribution is 5.85. The van der Waals surface area contributed by atoms with Crippen LogP contribution < -0.4 is 11.3 Å². The number of fused-ring (bicyclic) bond motifs is 1. The molecule has 3 heteroatoms. The lowest BCUT2D eigenvalue weighted by Crippen LogP contribution is -2.29. The zero-order valence-electron chi connectivity index (χ0n) is 11.2. The van der Waals surface area contributed by atoms with E-state index >= 15 is 0 Å². The first-order valence-electron chi connectivity index (χ1n) is 6.71. The molecule has 1 heterocycles. The Balaban J connectivity index is 1.99. The third-order valence-electron chi connectivity index (χ3n) is 3.57. The summed E-state index contributed by atoms with van der Waals surface area (Å²) in [5.74, 6) is 5.78. The Morgan fingerprint density at radius 1 is 1.00 bits per heavy atom. The van der Waals surface area contributed by atoms with Gasteiger partial charge < -0.3 is 0 Å². The van der Waals surface area contributed by atoms with Crippen molar-refractivity contribution in [1.29, 1.82) is 0 Å². The molecule has 3 N–H and O–H groups in total. The van der Waals surface area contributed by atoms with Crippen LogP contribution in [0.5, 0.6) is 0 Å². The van der Waals surface area contributed by atoms with Gasteiger partial charge in [-0.3, -0.25) is 16.3 Å². The predicted octanol–water partition coefficient (Wildman–Crippen LogP) is 2.98. The summed E-state index contributed by atoms with van der Waals surface area (Å²) >= 11 is 0. The van der Waals surface area contributed by atoms with Crippen LogP contribution in [0.3, 0.4) is 0 Å². The van der Waals surface area contributed by atoms with Crippen molar-refractivity contribution in [2.45, 2.75) is 12.5 Å². The van der Waals surface area contributed by atoms with Crippen LogP contribution in [0.25, 0.3) is 10.8 Å². The van der Waals surface area contributed by atoms with Crippen LogP contribution in [-0.4, -0.2) is 4.98 Å². The highest BCUT2D eigenvalue weighted by atomic mass is 15.2. The molecule has 3 aromatic rings. The number of nitrogens with zero attached hydrogens (tertiary/aromatic N) is 1. The molecule has 0 spiro atoms. The Morgan fingerprint density at radius 2 is 1.85 bits per heavy atom. The van der Waals surface area contributed by atoms with E-state index in [0.29, 0.717) is 0 Å². The van der Waals surface area contributed by atoms with Crippen molar-refractivity contribution in [3.63, 3.8) is 0 Å². The Hall–Kier alpha value is -2.23. The first kappa shape index (κ1) is 12.8. The van der Waals surface area contributed by atoms with Gasteiger partial charge in [0.25, 0.3) is 0 Å². The molecule has 1 aromatic heterocycles. The molecule has 0 saturated heterocycles. The smallest absolute Gasteiger partial charge is 0.0506 e. The number of benzene rings is 2. The summed E-state index contributed by atoms with van der Waals surface area (Å²) < 4.78 is 0. The first-order chi connectivity index (χ1) is 9.88. The van der Waals surface area contributed by atoms with Crippen molar-refractivity contribution < 1.29 is 0 Å². The number of nitrogens with two attached hydrogens (primary N) is 1. The van der Waals surface area contributed by atoms with Gasteiger partial charge in [-0.25, -0.2) is 0 Å². The molecule has 1 atom stereocenters. The fourth-order valence-corrected chi connectivity index (χ4v) is 2.56. The maximum Gasteiger partial charge on any atom is 0.0506 e. The molecule has 0 aliphatic rings. The van der Waals surface area contributed by atoms with Gasteiger partial charge in [-0.05, 0) is 29.0 Å². The molecule has 100 valence electrons. The summed E-state index contributed by atoms with van der Waals surface area (Å²) in [4.78, 5) is 4.17. The molecule has 0 aliphatic heterocycles.